The largest absolute Gasteiger partial charge is 0.391 e. The van der Waals surface area contributed by atoms with Crippen molar-refractivity contribution in [2.24, 2.45) is 0 Å². The molecule has 1 aromatic carbocycles. The number of nitrogens with one attached hydrogen (secondary N) is 1. The molecule has 0 spiro atoms. The lowest BCUT2D eigenvalue weighted by Crippen LogP contribution is -2.79. The van der Waals surface area contributed by atoms with Crippen molar-refractivity contribution in [3.63, 3.8) is 0 Å². The third-order valence-corrected chi connectivity index (χ3v) is 3.15. The van der Waals surface area contributed by atoms with Gasteiger partial charge in [-0.05, 0) is 55.7 Å². The van der Waals surface area contributed by atoms with Crippen LogP contribution < -0.4 is 10.6 Å². The van der Waals surface area contributed by atoms with Crippen molar-refractivity contribution in [2.75, 3.05) is 25.0 Å². The van der Waals surface area contributed by atoms with Gasteiger partial charge in [0.1, 0.15) is 6.54 Å². The van der Waals surface area contributed by atoms with E-state index in [2.05, 4.69) is 61.7 Å². The monoisotopic (exact) mass is 287 g/mol. The van der Waals surface area contributed by atoms with Gasteiger partial charge >= 0.3 is 0 Å². The molecular formula is C18H27N2O+. The van der Waals surface area contributed by atoms with Gasteiger partial charge in [0.15, 0.2) is 0 Å². The summed E-state index contributed by atoms with van der Waals surface area (Å²) in [6.07, 6.45) is 8.36. The number of anilines is 1. The molecule has 0 bridgehead atoms. The van der Waals surface area contributed by atoms with Crippen LogP contribution in [0.15, 0.2) is 53.8 Å². The number of allylic oxidation sites excluding steroid dienone is 4. The third-order valence-electron chi connectivity index (χ3n) is 3.15. The first kappa shape index (κ1) is 17.2. The summed E-state index contributed by atoms with van der Waals surface area (Å²) in [5.41, 5.74) is 4.76. The van der Waals surface area contributed by atoms with Crippen LogP contribution in [-0.4, -0.2) is 24.8 Å². The highest BCUT2D eigenvalue weighted by Crippen LogP contribution is 2.17. The Bertz CT molecular complexity index is 498. The Hall–Kier alpha value is -1.84. The fourth-order valence-electron chi connectivity index (χ4n) is 2.03. The van der Waals surface area contributed by atoms with Crippen LogP contribution in [0, 0.1) is 0 Å². The highest BCUT2D eigenvalue weighted by atomic mass is 16.3. The quantitative estimate of drug-likeness (QED) is 0.508. The van der Waals surface area contributed by atoms with Crippen molar-refractivity contribution in [3.8, 4) is 0 Å². The van der Waals surface area contributed by atoms with Gasteiger partial charge in [0.25, 0.3) is 0 Å². The van der Waals surface area contributed by atoms with Gasteiger partial charge < -0.3 is 15.7 Å². The Labute approximate surface area is 128 Å². The van der Waals surface area contributed by atoms with Crippen molar-refractivity contribution in [1.82, 2.24) is 0 Å². The summed E-state index contributed by atoms with van der Waals surface area (Å²) in [4.78, 5) is 0. The average Bonchev–Trinajstić information content (AvgIpc) is 2.49. The van der Waals surface area contributed by atoms with E-state index < -0.39 is 0 Å². The van der Waals surface area contributed by atoms with E-state index in [9.17, 15) is 0 Å². The molecule has 0 amide bonds. The maximum atomic E-state index is 8.76. The molecule has 0 aliphatic rings. The second-order valence-electron chi connectivity index (χ2n) is 4.83. The van der Waals surface area contributed by atoms with Crippen molar-refractivity contribution in [2.45, 2.75) is 20.8 Å². The van der Waals surface area contributed by atoms with Crippen molar-refractivity contribution in [1.29, 1.82) is 0 Å². The number of benzene rings is 1. The van der Waals surface area contributed by atoms with Crippen LogP contribution in [0.5, 0.6) is 0 Å². The van der Waals surface area contributed by atoms with Gasteiger partial charge in [-0.3, -0.25) is 0 Å². The molecule has 0 heterocycles. The molecule has 0 radical (unpaired) electrons. The Morgan fingerprint density at radius 3 is 2.57 bits per heavy atom. The maximum Gasteiger partial charge on any atom is 0.103 e. The third kappa shape index (κ3) is 6.43. The molecule has 3 heteroatoms. The lowest BCUT2D eigenvalue weighted by Gasteiger charge is -2.05. The summed E-state index contributed by atoms with van der Waals surface area (Å²) in [5, 5.41) is 14.0. The van der Waals surface area contributed by atoms with Crippen LogP contribution >= 0.6 is 0 Å². The zero-order valence-electron chi connectivity index (χ0n) is 13.3. The molecule has 0 fully saturated rings. The second kappa shape index (κ2) is 9.97. The summed E-state index contributed by atoms with van der Waals surface area (Å²) in [6, 6.07) is 8.44. The van der Waals surface area contributed by atoms with Crippen molar-refractivity contribution >= 4 is 11.8 Å². The van der Waals surface area contributed by atoms with E-state index in [4.69, 9.17) is 5.11 Å². The molecular weight excluding hydrogens is 260 g/mol. The Balaban J connectivity index is 2.74. The van der Waals surface area contributed by atoms with E-state index >= 15 is 0 Å². The first-order valence-electron chi connectivity index (χ1n) is 7.51. The predicted octanol–water partition coefficient (Wildman–Crippen LogP) is 2.54. The minimum Gasteiger partial charge on any atom is -0.391 e. The van der Waals surface area contributed by atoms with Crippen LogP contribution in [-0.2, 0) is 0 Å². The highest BCUT2D eigenvalue weighted by molar-refractivity contribution is 5.61. The van der Waals surface area contributed by atoms with E-state index in [1.54, 1.807) is 0 Å². The topological polar surface area (TPSA) is 48.9 Å². The van der Waals surface area contributed by atoms with E-state index in [1.165, 1.54) is 16.7 Å². The summed E-state index contributed by atoms with van der Waals surface area (Å²) in [5.74, 6) is 0. The Morgan fingerprint density at radius 1 is 1.29 bits per heavy atom. The zero-order chi connectivity index (χ0) is 15.5. The van der Waals surface area contributed by atoms with Gasteiger partial charge in [-0.15, -0.1) is 0 Å². The molecule has 0 aliphatic carbocycles. The van der Waals surface area contributed by atoms with Crippen molar-refractivity contribution < 1.29 is 10.4 Å². The van der Waals surface area contributed by atoms with E-state index in [0.29, 0.717) is 6.54 Å². The predicted molar refractivity (Wildman–Crippen MR) is 91.0 cm³/mol. The fraction of sp³-hybridized carbons (Fsp3) is 0.333. The number of nitrogens with two attached hydrogens (primary N) is 1. The minimum absolute atomic E-state index is 0.197. The molecule has 114 valence electrons. The highest BCUT2D eigenvalue weighted by Gasteiger charge is 1.97. The molecule has 0 saturated carbocycles. The maximum absolute atomic E-state index is 8.76. The molecule has 21 heavy (non-hydrogen) atoms. The van der Waals surface area contributed by atoms with Crippen molar-refractivity contribution in [3.05, 3.63) is 59.3 Å². The average molecular weight is 287 g/mol. The van der Waals surface area contributed by atoms with Gasteiger partial charge in [0, 0.05) is 12.2 Å². The van der Waals surface area contributed by atoms with Crippen LogP contribution in [0.1, 0.15) is 26.3 Å². The van der Waals surface area contributed by atoms with Crippen LogP contribution in [0.25, 0.3) is 6.08 Å². The van der Waals surface area contributed by atoms with Gasteiger partial charge in [-0.1, -0.05) is 24.3 Å². The molecule has 0 aliphatic heterocycles. The van der Waals surface area contributed by atoms with E-state index in [0.717, 1.165) is 12.2 Å². The number of hydrogen-bond acceptors (Lipinski definition) is 2. The number of quaternary nitrogens is 1. The lowest BCUT2D eigenvalue weighted by atomic mass is 10.0. The van der Waals surface area contributed by atoms with Gasteiger partial charge in [0.2, 0.25) is 0 Å². The van der Waals surface area contributed by atoms with Gasteiger partial charge in [-0.2, -0.15) is 0 Å². The molecule has 0 atom stereocenters. The fourth-order valence-corrected chi connectivity index (χ4v) is 2.03. The number of aliphatic hydroxyl groups is 1. The standard InChI is InChI=1S/C18H26N2O/c1-4-17(10-11-19-12-13-21)15(3)14-16-6-8-18(9-7-16)20-5-2/h4,6-11,14,19-21H,5,12-13H2,1-3H3/p+1. The SMILES string of the molecule is CC=C(C=C[NH2+]CCO)C(C)=Cc1ccc(NCC)cc1. The molecule has 0 aromatic heterocycles. The smallest absolute Gasteiger partial charge is 0.103 e. The molecule has 3 nitrogen and oxygen atoms in total. The molecule has 1 rings (SSSR count). The Kier molecular flexibility index (Phi) is 8.17. The first-order chi connectivity index (χ1) is 10.2. The molecule has 4 N–H and O–H groups in total. The van der Waals surface area contributed by atoms with Gasteiger partial charge in [0.05, 0.1) is 12.8 Å². The van der Waals surface area contributed by atoms with Crippen LogP contribution in [0.3, 0.4) is 0 Å². The molecule has 0 unspecified atom stereocenters. The minimum atomic E-state index is 0.197. The number of aliphatic hydroxyl groups excluding tert-OH is 1. The van der Waals surface area contributed by atoms with Gasteiger partial charge in [-0.25, -0.2) is 0 Å². The van der Waals surface area contributed by atoms with Crippen LogP contribution in [0.4, 0.5) is 5.69 Å². The molecule has 0 saturated heterocycles. The first-order valence-corrected chi connectivity index (χ1v) is 7.51. The zero-order valence-corrected chi connectivity index (χ0v) is 13.3. The van der Waals surface area contributed by atoms with E-state index in [1.807, 2.05) is 18.4 Å². The molecule has 1 aromatic rings. The Morgan fingerprint density at radius 2 is 2.00 bits per heavy atom. The normalized spacial score (nSPS) is 13.0. The summed E-state index contributed by atoms with van der Waals surface area (Å²) < 4.78 is 0. The lowest BCUT2D eigenvalue weighted by molar-refractivity contribution is -0.589. The number of hydrogen-bond donors (Lipinski definition) is 3. The summed E-state index contributed by atoms with van der Waals surface area (Å²) in [7, 11) is 0. The van der Waals surface area contributed by atoms with E-state index in [-0.39, 0.29) is 6.61 Å². The number of rotatable bonds is 8. The summed E-state index contributed by atoms with van der Waals surface area (Å²) in [6.45, 7) is 8.08. The summed E-state index contributed by atoms with van der Waals surface area (Å²) >= 11 is 0. The van der Waals surface area contributed by atoms with Crippen LogP contribution in [0.2, 0.25) is 0 Å². The second-order valence-corrected chi connectivity index (χ2v) is 4.83.